The fourth-order valence-corrected chi connectivity index (χ4v) is 0.996. The van der Waals surface area contributed by atoms with Gasteiger partial charge in [0, 0.05) is 0 Å². The third-order valence-electron chi connectivity index (χ3n) is 1.66. The van der Waals surface area contributed by atoms with Gasteiger partial charge in [-0.1, -0.05) is 31.8 Å². The van der Waals surface area contributed by atoms with Gasteiger partial charge in [-0.15, -0.1) is 6.58 Å². The van der Waals surface area contributed by atoms with Crippen LogP contribution in [0.4, 0.5) is 0 Å². The second-order valence-corrected chi connectivity index (χ2v) is 2.70. The average Bonchev–Trinajstić information content (AvgIpc) is 1.97. The van der Waals surface area contributed by atoms with Crippen LogP contribution in [-0.4, -0.2) is 23.1 Å². The Morgan fingerprint density at radius 1 is 1.00 bits per heavy atom. The zero-order valence-electron chi connectivity index (χ0n) is 8.03. The molecule has 0 aromatic rings. The van der Waals surface area contributed by atoms with E-state index in [0.29, 0.717) is 0 Å². The molecule has 2 heteroatoms. The normalized spacial score (nSPS) is 8.08. The van der Waals surface area contributed by atoms with Crippen LogP contribution in [0, 0.1) is 6.92 Å². The van der Waals surface area contributed by atoms with Crippen molar-refractivity contribution < 1.29 is 12.4 Å². The second kappa shape index (κ2) is 17.8. The number of halogens is 1. The number of rotatable bonds is 7. The first-order valence-electron chi connectivity index (χ1n) is 4.32. The van der Waals surface area contributed by atoms with Gasteiger partial charge in [0.2, 0.25) is 0 Å². The van der Waals surface area contributed by atoms with E-state index in [0.717, 1.165) is 6.42 Å². The van der Waals surface area contributed by atoms with Gasteiger partial charge in [0.1, 0.15) is 0 Å². The van der Waals surface area contributed by atoms with Crippen LogP contribution in [0.5, 0.6) is 0 Å². The van der Waals surface area contributed by atoms with Crippen molar-refractivity contribution in [1.82, 2.24) is 0 Å². The molecular formula is C10H19ClMg. The van der Waals surface area contributed by atoms with Crippen LogP contribution in [-0.2, 0) is 0 Å². The zero-order valence-corrected chi connectivity index (χ0v) is 10.2. The molecule has 0 bridgehead atoms. The van der Waals surface area contributed by atoms with Crippen LogP contribution in [0.3, 0.4) is 0 Å². The summed E-state index contributed by atoms with van der Waals surface area (Å²) in [7, 11) is 0. The van der Waals surface area contributed by atoms with Crippen molar-refractivity contribution >= 4 is 23.1 Å². The van der Waals surface area contributed by atoms with Gasteiger partial charge in [-0.25, -0.2) is 0 Å². The summed E-state index contributed by atoms with van der Waals surface area (Å²) >= 11 is 0. The Morgan fingerprint density at radius 3 is 2.00 bits per heavy atom. The SMILES string of the molecule is C=CCCCCCCC[CH2-].[Cl-].[Mg+2]. The zero-order chi connectivity index (χ0) is 7.66. The minimum Gasteiger partial charge on any atom is -1.00 e. The molecule has 0 aliphatic heterocycles. The smallest absolute Gasteiger partial charge is 1.00 e. The van der Waals surface area contributed by atoms with Crippen molar-refractivity contribution in [3.05, 3.63) is 19.6 Å². The molecule has 0 nitrogen and oxygen atoms in total. The predicted octanol–water partition coefficient (Wildman–Crippen LogP) is 0.360. The molecule has 0 fully saturated rings. The van der Waals surface area contributed by atoms with Crippen LogP contribution >= 0.6 is 0 Å². The van der Waals surface area contributed by atoms with E-state index in [1.807, 2.05) is 6.08 Å². The summed E-state index contributed by atoms with van der Waals surface area (Å²) in [6.07, 6.45) is 11.0. The van der Waals surface area contributed by atoms with Crippen molar-refractivity contribution in [2.24, 2.45) is 0 Å². The molecule has 0 rings (SSSR count). The molecule has 0 amide bonds. The summed E-state index contributed by atoms with van der Waals surface area (Å²) < 4.78 is 0. The molecule has 0 radical (unpaired) electrons. The molecule has 0 saturated heterocycles. The third kappa shape index (κ3) is 17.0. The average molecular weight is 199 g/mol. The first-order chi connectivity index (χ1) is 4.91. The monoisotopic (exact) mass is 198 g/mol. The van der Waals surface area contributed by atoms with E-state index in [-0.39, 0.29) is 35.5 Å². The van der Waals surface area contributed by atoms with Gasteiger partial charge in [0.25, 0.3) is 0 Å². The van der Waals surface area contributed by atoms with Crippen molar-refractivity contribution in [2.45, 2.75) is 44.9 Å². The number of hydrogen-bond acceptors (Lipinski definition) is 0. The maximum Gasteiger partial charge on any atom is 2.00 e. The van der Waals surface area contributed by atoms with E-state index in [1.165, 1.54) is 38.5 Å². The van der Waals surface area contributed by atoms with Gasteiger partial charge in [0.05, 0.1) is 0 Å². The van der Waals surface area contributed by atoms with Crippen LogP contribution in [0.2, 0.25) is 0 Å². The molecule has 0 aromatic carbocycles. The topological polar surface area (TPSA) is 0 Å². The maximum absolute atomic E-state index is 3.80. The minimum absolute atomic E-state index is 0. The van der Waals surface area contributed by atoms with E-state index in [1.54, 1.807) is 0 Å². The molecule has 0 heterocycles. The number of unbranched alkanes of at least 4 members (excludes halogenated alkanes) is 6. The Bertz CT molecular complexity index is 74.2. The number of hydrogen-bond donors (Lipinski definition) is 0. The molecule has 68 valence electrons. The van der Waals surface area contributed by atoms with E-state index >= 15 is 0 Å². The van der Waals surface area contributed by atoms with Gasteiger partial charge in [0.15, 0.2) is 0 Å². The largest absolute Gasteiger partial charge is 2.00 e. The summed E-state index contributed by atoms with van der Waals surface area (Å²) in [5.41, 5.74) is 0. The van der Waals surface area contributed by atoms with Gasteiger partial charge in [-0.2, -0.15) is 6.42 Å². The van der Waals surface area contributed by atoms with E-state index in [2.05, 4.69) is 13.5 Å². The summed E-state index contributed by atoms with van der Waals surface area (Å²) in [6.45, 7) is 7.49. The first kappa shape index (κ1) is 18.6. The van der Waals surface area contributed by atoms with Gasteiger partial charge in [-0.3, -0.25) is 0 Å². The summed E-state index contributed by atoms with van der Waals surface area (Å²) in [4.78, 5) is 0. The van der Waals surface area contributed by atoms with E-state index in [9.17, 15) is 0 Å². The Balaban J connectivity index is -0.000000405. The fraction of sp³-hybridized carbons (Fsp3) is 0.700. The van der Waals surface area contributed by atoms with E-state index < -0.39 is 0 Å². The van der Waals surface area contributed by atoms with Crippen LogP contribution in [0.25, 0.3) is 0 Å². The molecule has 0 N–H and O–H groups in total. The second-order valence-electron chi connectivity index (χ2n) is 2.70. The third-order valence-corrected chi connectivity index (χ3v) is 1.66. The molecule has 0 atom stereocenters. The molecule has 0 unspecified atom stereocenters. The van der Waals surface area contributed by atoms with Crippen molar-refractivity contribution in [3.63, 3.8) is 0 Å². The molecule has 0 saturated carbocycles. The van der Waals surface area contributed by atoms with Crippen LogP contribution in [0.15, 0.2) is 12.7 Å². The maximum atomic E-state index is 3.80. The Morgan fingerprint density at radius 2 is 1.50 bits per heavy atom. The fourth-order valence-electron chi connectivity index (χ4n) is 0.996. The quantitative estimate of drug-likeness (QED) is 0.240. The summed E-state index contributed by atoms with van der Waals surface area (Å²) in [5.74, 6) is 0. The Labute approximate surface area is 99.8 Å². The first-order valence-corrected chi connectivity index (χ1v) is 4.32. The molecule has 0 aliphatic rings. The van der Waals surface area contributed by atoms with Gasteiger partial charge in [-0.05, 0) is 12.8 Å². The van der Waals surface area contributed by atoms with Crippen molar-refractivity contribution in [3.8, 4) is 0 Å². The van der Waals surface area contributed by atoms with Gasteiger partial charge < -0.3 is 19.3 Å². The summed E-state index contributed by atoms with van der Waals surface area (Å²) in [5, 5.41) is 0. The molecule has 0 aliphatic carbocycles. The summed E-state index contributed by atoms with van der Waals surface area (Å²) in [6, 6.07) is 0. The minimum atomic E-state index is 0. The van der Waals surface area contributed by atoms with Crippen molar-refractivity contribution in [2.75, 3.05) is 0 Å². The predicted molar refractivity (Wildman–Crippen MR) is 53.6 cm³/mol. The van der Waals surface area contributed by atoms with E-state index in [4.69, 9.17) is 0 Å². The molecule has 0 aromatic heterocycles. The van der Waals surface area contributed by atoms with Crippen molar-refractivity contribution in [1.29, 1.82) is 0 Å². The van der Waals surface area contributed by atoms with Crippen LogP contribution < -0.4 is 12.4 Å². The Kier molecular flexibility index (Phi) is 27.5. The molecule has 0 spiro atoms. The van der Waals surface area contributed by atoms with Gasteiger partial charge >= 0.3 is 23.1 Å². The number of allylic oxidation sites excluding steroid dienone is 1. The van der Waals surface area contributed by atoms with Crippen LogP contribution in [0.1, 0.15) is 44.9 Å². The standard InChI is InChI=1S/C10H19.ClH.Mg/c1-3-5-7-9-10-8-6-4-2;;/h3H,1-2,4-10H2;1H;/q-1;;+2/p-1. The molecule has 12 heavy (non-hydrogen) atoms. The molecular weight excluding hydrogens is 180 g/mol. The Hall–Kier alpha value is 0.796.